The minimum Gasteiger partial charge on any atom is -0.481 e. The van der Waals surface area contributed by atoms with Gasteiger partial charge in [0.2, 0.25) is 0 Å². The average Bonchev–Trinajstić information content (AvgIpc) is 2.85. The van der Waals surface area contributed by atoms with E-state index in [0.29, 0.717) is 22.4 Å². The van der Waals surface area contributed by atoms with Crippen LogP contribution in [0.1, 0.15) is 68.5 Å². The summed E-state index contributed by atoms with van der Waals surface area (Å²) in [6.07, 6.45) is 6.40. The lowest BCUT2D eigenvalue weighted by Gasteiger charge is -2.25. The van der Waals surface area contributed by atoms with Gasteiger partial charge < -0.3 is 20.6 Å². The molecule has 192 valence electrons. The molecular weight excluding hydrogens is 505 g/mol. The van der Waals surface area contributed by atoms with Crippen LogP contribution in [0, 0.1) is 0 Å². The Morgan fingerprint density at radius 2 is 1.77 bits per heavy atom. The summed E-state index contributed by atoms with van der Waals surface area (Å²) in [4.78, 5) is 12.4. The van der Waals surface area contributed by atoms with Crippen molar-refractivity contribution in [2.24, 2.45) is 0 Å². The molecule has 0 aromatic heterocycles. The summed E-state index contributed by atoms with van der Waals surface area (Å²) in [5.74, 6) is -0.0888. The van der Waals surface area contributed by atoms with E-state index in [-0.39, 0.29) is 6.04 Å². The summed E-state index contributed by atoms with van der Waals surface area (Å²) in [5, 5.41) is 17.3. The number of carbonyl (C=O) groups is 1. The van der Waals surface area contributed by atoms with Gasteiger partial charge in [0.25, 0.3) is 0 Å². The Morgan fingerprint density at radius 1 is 1.06 bits per heavy atom. The zero-order chi connectivity index (χ0) is 25.2. The molecule has 8 heteroatoms. The number of benzene rings is 2. The molecule has 0 amide bonds. The van der Waals surface area contributed by atoms with E-state index < -0.39 is 5.97 Å². The van der Waals surface area contributed by atoms with Crippen LogP contribution in [0.3, 0.4) is 0 Å². The van der Waals surface area contributed by atoms with Gasteiger partial charge in [0.05, 0.1) is 23.2 Å². The lowest BCUT2D eigenvalue weighted by molar-refractivity contribution is -0.137. The van der Waals surface area contributed by atoms with Crippen LogP contribution in [-0.2, 0) is 4.79 Å². The van der Waals surface area contributed by atoms with Crippen molar-refractivity contribution in [3.63, 3.8) is 0 Å². The van der Waals surface area contributed by atoms with E-state index in [1.807, 2.05) is 18.2 Å². The number of nitrogens with zero attached hydrogens (tertiary/aromatic N) is 1. The molecule has 1 unspecified atom stereocenters. The molecular formula is C27H36Cl3N3O2. The van der Waals surface area contributed by atoms with Crippen LogP contribution >= 0.6 is 34.8 Å². The Hall–Kier alpha value is -1.50. The third-order valence-electron chi connectivity index (χ3n) is 6.69. The van der Waals surface area contributed by atoms with Crippen molar-refractivity contribution in [2.45, 2.75) is 57.4 Å². The van der Waals surface area contributed by atoms with Crippen LogP contribution in [0.15, 0.2) is 36.4 Å². The third-order valence-corrected chi connectivity index (χ3v) is 7.58. The molecule has 2 aromatic rings. The van der Waals surface area contributed by atoms with Gasteiger partial charge in [-0.2, -0.15) is 0 Å². The first-order valence-corrected chi connectivity index (χ1v) is 13.6. The number of nitrogens with one attached hydrogen (secondary N) is 2. The molecule has 2 saturated heterocycles. The molecule has 35 heavy (non-hydrogen) atoms. The van der Waals surface area contributed by atoms with E-state index in [1.54, 1.807) is 6.07 Å². The molecule has 2 heterocycles. The topological polar surface area (TPSA) is 64.6 Å². The van der Waals surface area contributed by atoms with Gasteiger partial charge >= 0.3 is 5.97 Å². The smallest absolute Gasteiger partial charge is 0.304 e. The quantitative estimate of drug-likeness (QED) is 0.346. The van der Waals surface area contributed by atoms with E-state index >= 15 is 0 Å². The van der Waals surface area contributed by atoms with Crippen molar-refractivity contribution in [1.82, 2.24) is 10.2 Å². The highest BCUT2D eigenvalue weighted by Gasteiger charge is 2.18. The SMILES string of the molecule is CC(Nc1cc(C2CCNCC2)ccc1Cl)c1ccc(Cl)cc1Cl.O=C(O)CCN1CCCCC1. The Bertz CT molecular complexity index is 961. The fourth-order valence-corrected chi connectivity index (χ4v) is 5.41. The maximum Gasteiger partial charge on any atom is 0.304 e. The predicted octanol–water partition coefficient (Wildman–Crippen LogP) is 7.23. The van der Waals surface area contributed by atoms with E-state index in [4.69, 9.17) is 39.9 Å². The standard InChI is InChI=1S/C19H21Cl3N2.C8H15NO2/c1-12(16-4-3-15(20)11-18(16)22)24-19-10-14(2-5-17(19)21)13-6-8-23-9-7-13;10-8(11)4-7-9-5-2-1-3-6-9/h2-5,10-13,23-24H,6-9H2,1H3;1-7H2,(H,10,11). The molecule has 2 fully saturated rings. The Kier molecular flexibility index (Phi) is 11.5. The largest absolute Gasteiger partial charge is 0.481 e. The van der Waals surface area contributed by atoms with Gasteiger partial charge in [0.15, 0.2) is 0 Å². The summed E-state index contributed by atoms with van der Waals surface area (Å²) >= 11 is 18.7. The van der Waals surface area contributed by atoms with Crippen LogP contribution in [0.5, 0.6) is 0 Å². The highest BCUT2D eigenvalue weighted by molar-refractivity contribution is 6.35. The van der Waals surface area contributed by atoms with Crippen LogP contribution in [0.2, 0.25) is 15.1 Å². The normalized spacial score (nSPS) is 17.8. The Morgan fingerprint density at radius 3 is 2.43 bits per heavy atom. The van der Waals surface area contributed by atoms with E-state index in [0.717, 1.165) is 49.0 Å². The fraction of sp³-hybridized carbons (Fsp3) is 0.519. The zero-order valence-electron chi connectivity index (χ0n) is 20.3. The van der Waals surface area contributed by atoms with Gasteiger partial charge in [-0.1, -0.05) is 53.4 Å². The van der Waals surface area contributed by atoms with Gasteiger partial charge in [-0.25, -0.2) is 0 Å². The summed E-state index contributed by atoms with van der Waals surface area (Å²) in [5.41, 5.74) is 3.30. The van der Waals surface area contributed by atoms with Crippen LogP contribution in [0.4, 0.5) is 5.69 Å². The first-order valence-electron chi connectivity index (χ1n) is 12.5. The van der Waals surface area contributed by atoms with Crippen molar-refractivity contribution in [1.29, 1.82) is 0 Å². The number of carboxylic acids is 1. The summed E-state index contributed by atoms with van der Waals surface area (Å²) in [6.45, 7) is 7.14. The molecule has 3 N–H and O–H groups in total. The molecule has 2 aliphatic rings. The highest BCUT2D eigenvalue weighted by atomic mass is 35.5. The number of rotatable bonds is 7. The van der Waals surface area contributed by atoms with Gasteiger partial charge in [-0.05, 0) is 100 Å². The summed E-state index contributed by atoms with van der Waals surface area (Å²) < 4.78 is 0. The average molecular weight is 541 g/mol. The lowest BCUT2D eigenvalue weighted by Crippen LogP contribution is -2.31. The van der Waals surface area contributed by atoms with Gasteiger partial charge in [-0.3, -0.25) is 4.79 Å². The van der Waals surface area contributed by atoms with Crippen LogP contribution in [0.25, 0.3) is 0 Å². The number of carboxylic acid groups (broad SMARTS) is 1. The third kappa shape index (κ3) is 9.14. The molecule has 0 aliphatic carbocycles. The second kappa shape index (κ2) is 14.3. The first-order chi connectivity index (χ1) is 16.8. The fourth-order valence-electron chi connectivity index (χ4n) is 4.66. The Balaban J connectivity index is 0.000000261. The molecule has 0 bridgehead atoms. The molecule has 4 rings (SSSR count). The van der Waals surface area contributed by atoms with Crippen molar-refractivity contribution in [3.8, 4) is 0 Å². The van der Waals surface area contributed by atoms with Crippen molar-refractivity contribution in [3.05, 3.63) is 62.6 Å². The van der Waals surface area contributed by atoms with Gasteiger partial charge in [0.1, 0.15) is 0 Å². The molecule has 5 nitrogen and oxygen atoms in total. The zero-order valence-corrected chi connectivity index (χ0v) is 22.6. The van der Waals surface area contributed by atoms with E-state index in [2.05, 4.69) is 34.6 Å². The van der Waals surface area contributed by atoms with Crippen molar-refractivity contribution >= 4 is 46.5 Å². The number of hydrogen-bond donors (Lipinski definition) is 3. The number of piperidine rings is 2. The number of aliphatic carboxylic acids is 1. The minimum atomic E-state index is -0.685. The lowest BCUT2D eigenvalue weighted by atomic mass is 9.90. The molecule has 0 radical (unpaired) electrons. The second-order valence-electron chi connectivity index (χ2n) is 9.34. The molecule has 2 aliphatic heterocycles. The van der Waals surface area contributed by atoms with E-state index in [9.17, 15) is 4.79 Å². The first kappa shape index (κ1) is 28.1. The minimum absolute atomic E-state index is 0.0375. The monoisotopic (exact) mass is 539 g/mol. The second-order valence-corrected chi connectivity index (χ2v) is 10.6. The molecule has 1 atom stereocenters. The number of hydrogen-bond acceptors (Lipinski definition) is 4. The number of halogens is 3. The molecule has 0 spiro atoms. The number of likely N-dealkylation sites (tertiary alicyclic amines) is 1. The molecule has 0 saturated carbocycles. The van der Waals surface area contributed by atoms with Gasteiger partial charge in [0, 0.05) is 16.6 Å². The maximum atomic E-state index is 10.2. The van der Waals surface area contributed by atoms with Crippen molar-refractivity contribution < 1.29 is 9.90 Å². The summed E-state index contributed by atoms with van der Waals surface area (Å²) in [7, 11) is 0. The predicted molar refractivity (Wildman–Crippen MR) is 147 cm³/mol. The highest BCUT2D eigenvalue weighted by Crippen LogP contribution is 2.34. The Labute approximate surface area is 224 Å². The molecule has 2 aromatic carbocycles. The number of anilines is 1. The van der Waals surface area contributed by atoms with Gasteiger partial charge in [-0.15, -0.1) is 0 Å². The van der Waals surface area contributed by atoms with E-state index in [1.165, 1.54) is 37.7 Å². The van der Waals surface area contributed by atoms with Crippen molar-refractivity contribution in [2.75, 3.05) is 38.0 Å². The van der Waals surface area contributed by atoms with Crippen LogP contribution < -0.4 is 10.6 Å². The van der Waals surface area contributed by atoms with Crippen LogP contribution in [-0.4, -0.2) is 48.7 Å². The maximum absolute atomic E-state index is 10.2. The summed E-state index contributed by atoms with van der Waals surface area (Å²) in [6, 6.07) is 11.9.